The lowest BCUT2D eigenvalue weighted by molar-refractivity contribution is 0.151. The first kappa shape index (κ1) is 9.22. The number of aryl methyl sites for hydroxylation is 1. The molecule has 0 unspecified atom stereocenters. The van der Waals surface area contributed by atoms with Gasteiger partial charge in [-0.15, -0.1) is 0 Å². The van der Waals surface area contributed by atoms with Crippen LogP contribution in [0, 0.1) is 6.92 Å². The van der Waals surface area contributed by atoms with Crippen molar-refractivity contribution in [1.82, 2.24) is 0 Å². The smallest absolute Gasteiger partial charge is 0.0690 e. The van der Waals surface area contributed by atoms with Gasteiger partial charge >= 0.3 is 0 Å². The van der Waals surface area contributed by atoms with Crippen LogP contribution < -0.4 is 0 Å². The lowest BCUT2D eigenvalue weighted by Gasteiger charge is -2.10. The maximum atomic E-state index is 9.78. The zero-order chi connectivity index (χ0) is 9.47. The summed E-state index contributed by atoms with van der Waals surface area (Å²) in [6.45, 7) is 2.09. The van der Waals surface area contributed by atoms with Crippen LogP contribution in [-0.4, -0.2) is 10.7 Å². The zero-order valence-electron chi connectivity index (χ0n) is 7.68. The highest BCUT2D eigenvalue weighted by Crippen LogP contribution is 2.39. The lowest BCUT2D eigenvalue weighted by Crippen LogP contribution is -2.11. The van der Waals surface area contributed by atoms with Crippen molar-refractivity contribution in [1.29, 1.82) is 0 Å². The summed E-state index contributed by atoms with van der Waals surface area (Å²) in [4.78, 5) is 0. The second-order valence-electron chi connectivity index (χ2n) is 3.97. The molecule has 1 aliphatic rings. The molecule has 0 spiro atoms. The first-order chi connectivity index (χ1) is 6.09. The second kappa shape index (κ2) is 3.10. The van der Waals surface area contributed by atoms with Crippen molar-refractivity contribution in [2.75, 3.05) is 0 Å². The summed E-state index contributed by atoms with van der Waals surface area (Å²) in [7, 11) is 0. The van der Waals surface area contributed by atoms with Crippen molar-refractivity contribution in [3.8, 4) is 0 Å². The first-order valence-electron chi connectivity index (χ1n) is 4.56. The normalized spacial score (nSPS) is 18.7. The van der Waals surface area contributed by atoms with E-state index in [-0.39, 0.29) is 5.60 Å². The molecule has 2 rings (SSSR count). The van der Waals surface area contributed by atoms with Crippen LogP contribution in [0.5, 0.6) is 0 Å². The molecule has 1 saturated carbocycles. The molecule has 70 valence electrons. The van der Waals surface area contributed by atoms with Gasteiger partial charge in [-0.1, -0.05) is 22.0 Å². The highest BCUT2D eigenvalue weighted by molar-refractivity contribution is 9.10. The van der Waals surface area contributed by atoms with Crippen molar-refractivity contribution in [2.24, 2.45) is 0 Å². The lowest BCUT2D eigenvalue weighted by atomic mass is 10.0. The van der Waals surface area contributed by atoms with Crippen LogP contribution in [0.4, 0.5) is 0 Å². The summed E-state index contributed by atoms with van der Waals surface area (Å²) in [5.74, 6) is 0. The number of rotatable bonds is 2. The third-order valence-corrected chi connectivity index (χ3v) is 3.15. The molecule has 1 aromatic carbocycles. The molecular weight excluding hydrogens is 228 g/mol. The largest absolute Gasteiger partial charge is 0.390 e. The van der Waals surface area contributed by atoms with Gasteiger partial charge in [0, 0.05) is 10.9 Å². The molecule has 1 aliphatic carbocycles. The number of halogens is 1. The third-order valence-electron chi connectivity index (χ3n) is 2.66. The molecule has 0 aromatic heterocycles. The van der Waals surface area contributed by atoms with Crippen LogP contribution in [0.2, 0.25) is 0 Å². The molecule has 0 bridgehead atoms. The van der Waals surface area contributed by atoms with E-state index in [9.17, 15) is 5.11 Å². The minimum atomic E-state index is -0.383. The van der Waals surface area contributed by atoms with Crippen LogP contribution in [0.25, 0.3) is 0 Å². The van der Waals surface area contributed by atoms with Gasteiger partial charge in [-0.3, -0.25) is 0 Å². The molecular formula is C11H13BrO. The minimum Gasteiger partial charge on any atom is -0.390 e. The van der Waals surface area contributed by atoms with Gasteiger partial charge in [-0.2, -0.15) is 0 Å². The maximum absolute atomic E-state index is 9.78. The Labute approximate surface area is 86.9 Å². The van der Waals surface area contributed by atoms with Crippen LogP contribution in [0.1, 0.15) is 24.0 Å². The van der Waals surface area contributed by atoms with E-state index in [4.69, 9.17) is 0 Å². The standard InChI is InChI=1S/C11H13BrO/c1-8-2-3-10(12)6-9(8)7-11(13)4-5-11/h2-3,6,13H,4-5,7H2,1H3. The fourth-order valence-corrected chi connectivity index (χ4v) is 1.91. The Balaban J connectivity index is 2.23. The molecule has 1 aromatic rings. The molecule has 0 radical (unpaired) electrons. The third kappa shape index (κ3) is 2.12. The van der Waals surface area contributed by atoms with Crippen molar-refractivity contribution >= 4 is 15.9 Å². The van der Waals surface area contributed by atoms with Gasteiger partial charge in [0.15, 0.2) is 0 Å². The van der Waals surface area contributed by atoms with Crippen LogP contribution >= 0.6 is 15.9 Å². The summed E-state index contributed by atoms with van der Waals surface area (Å²) in [5, 5.41) is 9.78. The highest BCUT2D eigenvalue weighted by atomic mass is 79.9. The summed E-state index contributed by atoms with van der Waals surface area (Å²) >= 11 is 3.44. The summed E-state index contributed by atoms with van der Waals surface area (Å²) in [6.07, 6.45) is 2.72. The molecule has 1 fully saturated rings. The molecule has 0 atom stereocenters. The Morgan fingerprint density at radius 1 is 1.46 bits per heavy atom. The number of hydrogen-bond donors (Lipinski definition) is 1. The van der Waals surface area contributed by atoms with Crippen molar-refractivity contribution in [2.45, 2.75) is 31.8 Å². The maximum Gasteiger partial charge on any atom is 0.0690 e. The van der Waals surface area contributed by atoms with Crippen LogP contribution in [-0.2, 0) is 6.42 Å². The molecule has 0 amide bonds. The highest BCUT2D eigenvalue weighted by Gasteiger charge is 2.40. The average Bonchev–Trinajstić information content (AvgIpc) is 2.76. The number of benzene rings is 1. The van der Waals surface area contributed by atoms with Crippen molar-refractivity contribution in [3.63, 3.8) is 0 Å². The van der Waals surface area contributed by atoms with E-state index in [1.165, 1.54) is 11.1 Å². The Morgan fingerprint density at radius 3 is 2.77 bits per heavy atom. The van der Waals surface area contributed by atoms with Gasteiger partial charge in [0.1, 0.15) is 0 Å². The van der Waals surface area contributed by atoms with E-state index in [2.05, 4.69) is 35.0 Å². The molecule has 13 heavy (non-hydrogen) atoms. The van der Waals surface area contributed by atoms with Gasteiger partial charge < -0.3 is 5.11 Å². The molecule has 0 heterocycles. The van der Waals surface area contributed by atoms with Gasteiger partial charge in [-0.05, 0) is 43.0 Å². The fraction of sp³-hybridized carbons (Fsp3) is 0.455. The average molecular weight is 241 g/mol. The fourth-order valence-electron chi connectivity index (χ4n) is 1.51. The summed E-state index contributed by atoms with van der Waals surface area (Å²) < 4.78 is 1.09. The van der Waals surface area contributed by atoms with Gasteiger partial charge in [0.05, 0.1) is 5.60 Å². The SMILES string of the molecule is Cc1ccc(Br)cc1CC1(O)CC1. The quantitative estimate of drug-likeness (QED) is 0.844. The Hall–Kier alpha value is -0.340. The predicted octanol–water partition coefficient (Wildman–Crippen LogP) is 2.82. The summed E-state index contributed by atoms with van der Waals surface area (Å²) in [6, 6.07) is 6.23. The Morgan fingerprint density at radius 2 is 2.15 bits per heavy atom. The Kier molecular flexibility index (Phi) is 2.20. The van der Waals surface area contributed by atoms with E-state index >= 15 is 0 Å². The molecule has 1 nitrogen and oxygen atoms in total. The second-order valence-corrected chi connectivity index (χ2v) is 4.89. The Bertz CT molecular complexity index is 329. The van der Waals surface area contributed by atoms with Crippen LogP contribution in [0.3, 0.4) is 0 Å². The zero-order valence-corrected chi connectivity index (χ0v) is 9.26. The van der Waals surface area contributed by atoms with Crippen molar-refractivity contribution in [3.05, 3.63) is 33.8 Å². The first-order valence-corrected chi connectivity index (χ1v) is 5.36. The van der Waals surface area contributed by atoms with Crippen molar-refractivity contribution < 1.29 is 5.11 Å². The number of aliphatic hydroxyl groups is 1. The topological polar surface area (TPSA) is 20.2 Å². The predicted molar refractivity (Wildman–Crippen MR) is 56.8 cm³/mol. The van der Waals surface area contributed by atoms with Gasteiger partial charge in [-0.25, -0.2) is 0 Å². The van der Waals surface area contributed by atoms with Gasteiger partial charge in [0.25, 0.3) is 0 Å². The van der Waals surface area contributed by atoms with E-state index in [1.54, 1.807) is 0 Å². The van der Waals surface area contributed by atoms with Gasteiger partial charge in [0.2, 0.25) is 0 Å². The van der Waals surface area contributed by atoms with E-state index in [0.717, 1.165) is 23.7 Å². The molecule has 0 saturated heterocycles. The summed E-state index contributed by atoms with van der Waals surface area (Å²) in [5.41, 5.74) is 2.14. The van der Waals surface area contributed by atoms with Crippen LogP contribution in [0.15, 0.2) is 22.7 Å². The molecule has 1 N–H and O–H groups in total. The monoisotopic (exact) mass is 240 g/mol. The van der Waals surface area contributed by atoms with E-state index in [1.807, 2.05) is 6.07 Å². The number of hydrogen-bond acceptors (Lipinski definition) is 1. The van der Waals surface area contributed by atoms with E-state index in [0.29, 0.717) is 0 Å². The van der Waals surface area contributed by atoms with E-state index < -0.39 is 0 Å². The molecule has 2 heteroatoms. The minimum absolute atomic E-state index is 0.383. The molecule has 0 aliphatic heterocycles.